The van der Waals surface area contributed by atoms with E-state index in [1.165, 1.54) is 0 Å². The topological polar surface area (TPSA) is 65.0 Å². The third kappa shape index (κ3) is 4.43. The number of carbonyl (C=O) groups is 2. The minimum absolute atomic E-state index is 0.144. The molecule has 5 nitrogen and oxygen atoms in total. The van der Waals surface area contributed by atoms with E-state index in [-0.39, 0.29) is 11.6 Å². The molecule has 0 aliphatic carbocycles. The van der Waals surface area contributed by atoms with Crippen molar-refractivity contribution in [2.75, 3.05) is 0 Å². The molecule has 7 heteroatoms. The van der Waals surface area contributed by atoms with Crippen LogP contribution in [-0.4, -0.2) is 17.8 Å². The first kappa shape index (κ1) is 19.9. The minimum Gasteiger partial charge on any atom is -0.423 e. The van der Waals surface area contributed by atoms with E-state index < -0.39 is 11.9 Å². The molecule has 1 aliphatic heterocycles. The van der Waals surface area contributed by atoms with E-state index >= 15 is 0 Å². The fraction of sp³-hybridized carbons (Fsp3) is 0. The molecule has 148 valence electrons. The number of carbonyl (C=O) groups excluding carboxylic acids is 2. The molecule has 3 aromatic carbocycles. The second-order valence-corrected chi connectivity index (χ2v) is 7.10. The molecule has 0 radical (unpaired) electrons. The summed E-state index contributed by atoms with van der Waals surface area (Å²) in [7, 11) is 0. The van der Waals surface area contributed by atoms with Gasteiger partial charge in [0.2, 0.25) is 5.90 Å². The van der Waals surface area contributed by atoms with Crippen molar-refractivity contribution < 1.29 is 19.1 Å². The van der Waals surface area contributed by atoms with Gasteiger partial charge in [-0.05, 0) is 54.1 Å². The smallest absolute Gasteiger partial charge is 0.363 e. The summed E-state index contributed by atoms with van der Waals surface area (Å²) in [6.07, 6.45) is 1.58. The number of esters is 2. The summed E-state index contributed by atoms with van der Waals surface area (Å²) in [5, 5.41) is 0.736. The second-order valence-electron chi connectivity index (χ2n) is 6.29. The number of rotatable bonds is 4. The lowest BCUT2D eigenvalue weighted by molar-refractivity contribution is -0.129. The maximum Gasteiger partial charge on any atom is 0.363 e. The Morgan fingerprint density at radius 1 is 0.933 bits per heavy atom. The molecule has 0 N–H and O–H groups in total. The maximum absolute atomic E-state index is 12.2. The van der Waals surface area contributed by atoms with Crippen LogP contribution in [0.15, 0.2) is 83.5 Å². The lowest BCUT2D eigenvalue weighted by Gasteiger charge is -2.04. The average molecular weight is 438 g/mol. The third-order valence-corrected chi connectivity index (χ3v) is 4.93. The Kier molecular flexibility index (Phi) is 5.65. The fourth-order valence-electron chi connectivity index (χ4n) is 2.69. The van der Waals surface area contributed by atoms with Gasteiger partial charge < -0.3 is 9.47 Å². The molecular weight excluding hydrogens is 425 g/mol. The Bertz CT molecular complexity index is 1190. The molecule has 0 aromatic heterocycles. The summed E-state index contributed by atoms with van der Waals surface area (Å²) in [6.45, 7) is 0. The van der Waals surface area contributed by atoms with Crippen LogP contribution in [-0.2, 0) is 9.53 Å². The van der Waals surface area contributed by atoms with Crippen molar-refractivity contribution in [2.45, 2.75) is 0 Å². The van der Waals surface area contributed by atoms with E-state index in [4.69, 9.17) is 32.7 Å². The van der Waals surface area contributed by atoms with Gasteiger partial charge in [0, 0.05) is 5.56 Å². The van der Waals surface area contributed by atoms with E-state index in [0.717, 1.165) is 0 Å². The predicted octanol–water partition coefficient (Wildman–Crippen LogP) is 5.56. The zero-order chi connectivity index (χ0) is 21.1. The highest BCUT2D eigenvalue weighted by Gasteiger charge is 2.24. The number of ether oxygens (including phenoxy) is 2. The summed E-state index contributed by atoms with van der Waals surface area (Å²) in [5.41, 5.74) is 1.84. The van der Waals surface area contributed by atoms with Crippen molar-refractivity contribution in [2.24, 2.45) is 4.99 Å². The molecule has 1 aliphatic rings. The lowest BCUT2D eigenvalue weighted by atomic mass is 10.2. The molecule has 1 heterocycles. The van der Waals surface area contributed by atoms with Crippen LogP contribution in [0.2, 0.25) is 10.0 Å². The fourth-order valence-corrected chi connectivity index (χ4v) is 2.99. The zero-order valence-corrected chi connectivity index (χ0v) is 16.9. The first-order valence-corrected chi connectivity index (χ1v) is 9.60. The van der Waals surface area contributed by atoms with E-state index in [1.807, 2.05) is 6.07 Å². The van der Waals surface area contributed by atoms with Crippen LogP contribution in [0.1, 0.15) is 21.5 Å². The van der Waals surface area contributed by atoms with Crippen molar-refractivity contribution >= 4 is 47.1 Å². The summed E-state index contributed by atoms with van der Waals surface area (Å²) in [4.78, 5) is 28.5. The SMILES string of the molecule is O=C1OC(c2ccc(Cl)c(Cl)c2)=N/C1=C/c1ccc(OC(=O)c2ccccc2)cc1. The van der Waals surface area contributed by atoms with Crippen molar-refractivity contribution in [3.05, 3.63) is 105 Å². The Balaban J connectivity index is 1.50. The zero-order valence-electron chi connectivity index (χ0n) is 15.3. The van der Waals surface area contributed by atoms with Crippen LogP contribution in [0.25, 0.3) is 6.08 Å². The molecule has 0 atom stereocenters. The van der Waals surface area contributed by atoms with Gasteiger partial charge in [-0.25, -0.2) is 14.6 Å². The Morgan fingerprint density at radius 2 is 1.67 bits per heavy atom. The van der Waals surface area contributed by atoms with Crippen molar-refractivity contribution in [1.29, 1.82) is 0 Å². The van der Waals surface area contributed by atoms with Gasteiger partial charge in [-0.1, -0.05) is 53.5 Å². The van der Waals surface area contributed by atoms with Crippen molar-refractivity contribution in [3.8, 4) is 5.75 Å². The largest absolute Gasteiger partial charge is 0.423 e. The first-order chi connectivity index (χ1) is 14.5. The molecule has 0 unspecified atom stereocenters. The second kappa shape index (κ2) is 8.53. The Labute approximate surface area is 182 Å². The number of nitrogens with zero attached hydrogens (tertiary/aromatic N) is 1. The predicted molar refractivity (Wildman–Crippen MR) is 115 cm³/mol. The summed E-state index contributed by atoms with van der Waals surface area (Å²) in [5.74, 6) is -0.481. The van der Waals surface area contributed by atoms with E-state index in [9.17, 15) is 9.59 Å². The van der Waals surface area contributed by atoms with E-state index in [1.54, 1.807) is 72.8 Å². The number of halogens is 2. The number of hydrogen-bond donors (Lipinski definition) is 0. The quantitative estimate of drug-likeness (QED) is 0.304. The highest BCUT2D eigenvalue weighted by atomic mass is 35.5. The Morgan fingerprint density at radius 3 is 2.37 bits per heavy atom. The molecule has 0 amide bonds. The van der Waals surface area contributed by atoms with Gasteiger partial charge in [0.1, 0.15) is 5.75 Å². The third-order valence-electron chi connectivity index (χ3n) is 4.19. The lowest BCUT2D eigenvalue weighted by Crippen LogP contribution is -2.07. The van der Waals surface area contributed by atoms with Gasteiger partial charge in [0.15, 0.2) is 5.70 Å². The number of hydrogen-bond acceptors (Lipinski definition) is 5. The summed E-state index contributed by atoms with van der Waals surface area (Å²) in [6, 6.07) is 20.2. The average Bonchev–Trinajstić information content (AvgIpc) is 3.12. The molecule has 0 bridgehead atoms. The van der Waals surface area contributed by atoms with Crippen molar-refractivity contribution in [1.82, 2.24) is 0 Å². The molecule has 0 saturated carbocycles. The summed E-state index contributed by atoms with van der Waals surface area (Å²) >= 11 is 11.9. The molecule has 30 heavy (non-hydrogen) atoms. The number of aliphatic imine (C=N–C) groups is 1. The van der Waals surface area contributed by atoms with Crippen LogP contribution < -0.4 is 4.74 Å². The van der Waals surface area contributed by atoms with Gasteiger partial charge in [0.05, 0.1) is 15.6 Å². The molecule has 3 aromatic rings. The molecule has 0 spiro atoms. The normalized spacial score (nSPS) is 14.4. The van der Waals surface area contributed by atoms with Gasteiger partial charge in [-0.15, -0.1) is 0 Å². The number of cyclic esters (lactones) is 1. The van der Waals surface area contributed by atoms with Crippen LogP contribution in [0, 0.1) is 0 Å². The summed E-state index contributed by atoms with van der Waals surface area (Å²) < 4.78 is 10.6. The van der Waals surface area contributed by atoms with E-state index in [2.05, 4.69) is 4.99 Å². The standard InChI is InChI=1S/C23H13Cl2NO4/c24-18-11-8-16(13-19(18)25)21-26-20(23(28)30-21)12-14-6-9-17(10-7-14)29-22(27)15-4-2-1-3-5-15/h1-13H/b20-12+. The van der Waals surface area contributed by atoms with Gasteiger partial charge in [-0.2, -0.15) is 0 Å². The molecule has 0 saturated heterocycles. The van der Waals surface area contributed by atoms with Crippen LogP contribution >= 0.6 is 23.2 Å². The Hall–Kier alpha value is -3.41. The molecule has 0 fully saturated rings. The maximum atomic E-state index is 12.2. The molecular formula is C23H13Cl2NO4. The highest BCUT2D eigenvalue weighted by molar-refractivity contribution is 6.42. The number of benzene rings is 3. The van der Waals surface area contributed by atoms with Crippen LogP contribution in [0.3, 0.4) is 0 Å². The van der Waals surface area contributed by atoms with Crippen LogP contribution in [0.4, 0.5) is 0 Å². The first-order valence-electron chi connectivity index (χ1n) is 8.85. The van der Waals surface area contributed by atoms with Gasteiger partial charge >= 0.3 is 11.9 Å². The molecule has 4 rings (SSSR count). The van der Waals surface area contributed by atoms with Gasteiger partial charge in [-0.3, -0.25) is 0 Å². The van der Waals surface area contributed by atoms with Gasteiger partial charge in [0.25, 0.3) is 0 Å². The monoisotopic (exact) mass is 437 g/mol. The minimum atomic E-state index is -0.573. The van der Waals surface area contributed by atoms with E-state index in [0.29, 0.717) is 32.5 Å². The van der Waals surface area contributed by atoms with Crippen LogP contribution in [0.5, 0.6) is 5.75 Å². The highest BCUT2D eigenvalue weighted by Crippen LogP contribution is 2.26. The van der Waals surface area contributed by atoms with Crippen molar-refractivity contribution in [3.63, 3.8) is 0 Å².